The molecule has 4 heteroatoms. The Hall–Kier alpha value is -0.160. The number of ether oxygens (including phenoxy) is 2. The van der Waals surface area contributed by atoms with Gasteiger partial charge in [0.15, 0.2) is 0 Å². The standard InChI is InChI=1S/C13H28N2O2/c1-14-12-13-6-3-4-7-15(13)8-5-9-17-11-10-16-2/h13-14H,3-12H2,1-2H3. The Morgan fingerprint density at radius 1 is 1.24 bits per heavy atom. The Bertz CT molecular complexity index is 177. The number of methoxy groups -OCH3 is 1. The Kier molecular flexibility index (Phi) is 8.61. The molecule has 17 heavy (non-hydrogen) atoms. The molecular formula is C13H28N2O2. The first kappa shape index (κ1) is 14.9. The van der Waals surface area contributed by atoms with Crippen molar-refractivity contribution in [3.8, 4) is 0 Å². The van der Waals surface area contributed by atoms with Crippen molar-refractivity contribution in [1.29, 1.82) is 0 Å². The molecule has 1 fully saturated rings. The lowest BCUT2D eigenvalue weighted by Gasteiger charge is -2.35. The van der Waals surface area contributed by atoms with E-state index in [2.05, 4.69) is 10.2 Å². The molecule has 1 aliphatic rings. The minimum Gasteiger partial charge on any atom is -0.382 e. The zero-order chi connectivity index (χ0) is 12.3. The molecule has 0 amide bonds. The van der Waals surface area contributed by atoms with Crippen LogP contribution in [0.15, 0.2) is 0 Å². The van der Waals surface area contributed by atoms with Gasteiger partial charge < -0.3 is 14.8 Å². The largest absolute Gasteiger partial charge is 0.382 e. The average Bonchev–Trinajstić information content (AvgIpc) is 2.36. The minimum absolute atomic E-state index is 0.700. The lowest BCUT2D eigenvalue weighted by molar-refractivity contribution is 0.0595. The molecule has 0 aromatic carbocycles. The number of hydrogen-bond donors (Lipinski definition) is 1. The van der Waals surface area contributed by atoms with Crippen molar-refractivity contribution < 1.29 is 9.47 Å². The quantitative estimate of drug-likeness (QED) is 0.616. The fourth-order valence-electron chi connectivity index (χ4n) is 2.44. The van der Waals surface area contributed by atoms with Crippen LogP contribution in [0.5, 0.6) is 0 Å². The van der Waals surface area contributed by atoms with Gasteiger partial charge in [0, 0.05) is 32.8 Å². The van der Waals surface area contributed by atoms with Gasteiger partial charge in [-0.15, -0.1) is 0 Å². The highest BCUT2D eigenvalue weighted by atomic mass is 16.5. The van der Waals surface area contributed by atoms with Crippen molar-refractivity contribution in [2.45, 2.75) is 31.7 Å². The zero-order valence-electron chi connectivity index (χ0n) is 11.4. The van der Waals surface area contributed by atoms with Gasteiger partial charge in [-0.1, -0.05) is 6.42 Å². The van der Waals surface area contributed by atoms with Gasteiger partial charge in [0.05, 0.1) is 13.2 Å². The van der Waals surface area contributed by atoms with Crippen molar-refractivity contribution in [2.24, 2.45) is 0 Å². The molecule has 0 aliphatic carbocycles. The summed E-state index contributed by atoms with van der Waals surface area (Å²) in [7, 11) is 3.75. The van der Waals surface area contributed by atoms with Crippen LogP contribution in [0.3, 0.4) is 0 Å². The number of nitrogens with zero attached hydrogens (tertiary/aromatic N) is 1. The molecule has 0 spiro atoms. The monoisotopic (exact) mass is 244 g/mol. The minimum atomic E-state index is 0.700. The summed E-state index contributed by atoms with van der Waals surface area (Å²) in [6, 6.07) is 0.729. The van der Waals surface area contributed by atoms with Crippen LogP contribution in [0.1, 0.15) is 25.7 Å². The molecule has 1 N–H and O–H groups in total. The van der Waals surface area contributed by atoms with Gasteiger partial charge in [0.25, 0.3) is 0 Å². The molecule has 1 rings (SSSR count). The lowest BCUT2D eigenvalue weighted by atomic mass is 10.0. The summed E-state index contributed by atoms with van der Waals surface area (Å²) in [5, 5.41) is 3.30. The van der Waals surface area contributed by atoms with E-state index in [1.807, 2.05) is 7.05 Å². The Labute approximate surface area is 106 Å². The van der Waals surface area contributed by atoms with Gasteiger partial charge in [-0.3, -0.25) is 4.90 Å². The van der Waals surface area contributed by atoms with Crippen LogP contribution < -0.4 is 5.32 Å². The fraction of sp³-hybridized carbons (Fsp3) is 1.00. The molecule has 1 unspecified atom stereocenters. The molecule has 0 aromatic heterocycles. The average molecular weight is 244 g/mol. The molecule has 1 saturated heterocycles. The van der Waals surface area contributed by atoms with Gasteiger partial charge in [-0.05, 0) is 32.9 Å². The third-order valence-corrected chi connectivity index (χ3v) is 3.35. The summed E-state index contributed by atoms with van der Waals surface area (Å²) < 4.78 is 10.4. The number of rotatable bonds is 9. The fourth-order valence-corrected chi connectivity index (χ4v) is 2.44. The van der Waals surface area contributed by atoms with Crippen LogP contribution in [0, 0.1) is 0 Å². The maximum Gasteiger partial charge on any atom is 0.0700 e. The number of likely N-dealkylation sites (tertiary alicyclic amines) is 1. The van der Waals surface area contributed by atoms with Crippen LogP contribution in [-0.4, -0.2) is 64.6 Å². The van der Waals surface area contributed by atoms with Gasteiger partial charge in [0.2, 0.25) is 0 Å². The summed E-state index contributed by atoms with van der Waals surface area (Å²) in [4.78, 5) is 2.61. The Morgan fingerprint density at radius 2 is 2.12 bits per heavy atom. The topological polar surface area (TPSA) is 33.7 Å². The first-order chi connectivity index (χ1) is 8.38. The van der Waals surface area contributed by atoms with E-state index in [0.29, 0.717) is 6.61 Å². The lowest BCUT2D eigenvalue weighted by Crippen LogP contribution is -2.45. The predicted molar refractivity (Wildman–Crippen MR) is 70.5 cm³/mol. The van der Waals surface area contributed by atoms with Crippen LogP contribution >= 0.6 is 0 Å². The molecule has 0 radical (unpaired) electrons. The van der Waals surface area contributed by atoms with Crippen molar-refractivity contribution in [2.75, 3.05) is 53.6 Å². The molecule has 4 nitrogen and oxygen atoms in total. The van der Waals surface area contributed by atoms with Gasteiger partial charge in [0.1, 0.15) is 0 Å². The molecular weight excluding hydrogens is 216 g/mol. The van der Waals surface area contributed by atoms with Crippen LogP contribution in [0.2, 0.25) is 0 Å². The third-order valence-electron chi connectivity index (χ3n) is 3.35. The van der Waals surface area contributed by atoms with Gasteiger partial charge in [-0.2, -0.15) is 0 Å². The maximum atomic E-state index is 5.49. The van der Waals surface area contributed by atoms with E-state index in [9.17, 15) is 0 Å². The van der Waals surface area contributed by atoms with Crippen LogP contribution in [0.25, 0.3) is 0 Å². The molecule has 0 saturated carbocycles. The molecule has 1 heterocycles. The smallest absolute Gasteiger partial charge is 0.0700 e. The second-order valence-corrected chi connectivity index (χ2v) is 4.70. The highest BCUT2D eigenvalue weighted by Gasteiger charge is 2.20. The summed E-state index contributed by atoms with van der Waals surface area (Å²) in [6.07, 6.45) is 5.20. The number of piperidine rings is 1. The SMILES string of the molecule is CNCC1CCCCN1CCCOCCOC. The molecule has 0 bridgehead atoms. The van der Waals surface area contributed by atoms with Gasteiger partial charge >= 0.3 is 0 Å². The van der Waals surface area contributed by atoms with E-state index in [1.54, 1.807) is 7.11 Å². The molecule has 1 atom stereocenters. The van der Waals surface area contributed by atoms with E-state index in [4.69, 9.17) is 9.47 Å². The van der Waals surface area contributed by atoms with E-state index in [0.717, 1.165) is 32.2 Å². The predicted octanol–water partition coefficient (Wildman–Crippen LogP) is 1.11. The van der Waals surface area contributed by atoms with E-state index < -0.39 is 0 Å². The molecule has 1 aliphatic heterocycles. The number of hydrogen-bond acceptors (Lipinski definition) is 4. The highest BCUT2D eigenvalue weighted by Crippen LogP contribution is 2.16. The summed E-state index contributed by atoms with van der Waals surface area (Å²) >= 11 is 0. The third kappa shape index (κ3) is 6.36. The van der Waals surface area contributed by atoms with Crippen LogP contribution in [0.4, 0.5) is 0 Å². The summed E-state index contributed by atoms with van der Waals surface area (Å²) in [5.74, 6) is 0. The summed E-state index contributed by atoms with van der Waals surface area (Å²) in [6.45, 7) is 5.81. The Morgan fingerprint density at radius 3 is 2.88 bits per heavy atom. The van der Waals surface area contributed by atoms with E-state index in [-0.39, 0.29) is 0 Å². The Balaban J connectivity index is 2.06. The van der Waals surface area contributed by atoms with Crippen molar-refractivity contribution in [1.82, 2.24) is 10.2 Å². The van der Waals surface area contributed by atoms with Crippen molar-refractivity contribution in [3.05, 3.63) is 0 Å². The number of nitrogens with one attached hydrogen (secondary N) is 1. The van der Waals surface area contributed by atoms with Crippen molar-refractivity contribution in [3.63, 3.8) is 0 Å². The highest BCUT2D eigenvalue weighted by molar-refractivity contribution is 4.78. The maximum absolute atomic E-state index is 5.49. The zero-order valence-corrected chi connectivity index (χ0v) is 11.4. The van der Waals surface area contributed by atoms with Crippen molar-refractivity contribution >= 4 is 0 Å². The second-order valence-electron chi connectivity index (χ2n) is 4.70. The second kappa shape index (κ2) is 9.83. The first-order valence-corrected chi connectivity index (χ1v) is 6.83. The van der Waals surface area contributed by atoms with Gasteiger partial charge in [-0.25, -0.2) is 0 Å². The van der Waals surface area contributed by atoms with Crippen LogP contribution in [-0.2, 0) is 9.47 Å². The molecule has 0 aromatic rings. The molecule has 102 valence electrons. The number of likely N-dealkylation sites (N-methyl/N-ethyl adjacent to an activating group) is 1. The van der Waals surface area contributed by atoms with E-state index >= 15 is 0 Å². The first-order valence-electron chi connectivity index (χ1n) is 6.83. The summed E-state index contributed by atoms with van der Waals surface area (Å²) in [5.41, 5.74) is 0. The van der Waals surface area contributed by atoms with E-state index in [1.165, 1.54) is 32.4 Å². The normalized spacial score (nSPS) is 21.9.